The van der Waals surface area contributed by atoms with E-state index in [0.29, 0.717) is 11.9 Å². The predicted octanol–water partition coefficient (Wildman–Crippen LogP) is 5.37. The Balaban J connectivity index is 1.48. The molecule has 1 saturated heterocycles. The fourth-order valence-corrected chi connectivity index (χ4v) is 4.57. The Morgan fingerprint density at radius 3 is 2.42 bits per heavy atom. The molecule has 11 nitrogen and oxygen atoms in total. The molecule has 4 rings (SSSR count). The van der Waals surface area contributed by atoms with Crippen molar-refractivity contribution in [2.24, 2.45) is 7.05 Å². The van der Waals surface area contributed by atoms with Gasteiger partial charge in [0.05, 0.1) is 12.2 Å². The summed E-state index contributed by atoms with van der Waals surface area (Å²) in [6.45, 7) is 3.60. The van der Waals surface area contributed by atoms with Gasteiger partial charge in [-0.1, -0.05) is 5.10 Å². The lowest BCUT2D eigenvalue weighted by molar-refractivity contribution is -0.325. The summed E-state index contributed by atoms with van der Waals surface area (Å²) in [4.78, 5) is 27.6. The maximum absolute atomic E-state index is 13.2. The highest BCUT2D eigenvalue weighted by Crippen LogP contribution is 2.34. The van der Waals surface area contributed by atoms with Crippen LogP contribution in [0, 0.1) is 0 Å². The van der Waals surface area contributed by atoms with Crippen molar-refractivity contribution in [1.29, 1.82) is 0 Å². The van der Waals surface area contributed by atoms with Gasteiger partial charge in [-0.05, 0) is 57.9 Å². The predicted molar refractivity (Wildman–Crippen MR) is 136 cm³/mol. The Bertz CT molecular complexity index is 1460. The van der Waals surface area contributed by atoms with Crippen LogP contribution in [0.4, 0.5) is 31.1 Å². The number of fused-ring (bicyclic) bond motifs is 1. The van der Waals surface area contributed by atoms with Crippen molar-refractivity contribution in [2.75, 3.05) is 19.8 Å². The number of nitrogens with one attached hydrogen (secondary N) is 1. The van der Waals surface area contributed by atoms with E-state index in [1.807, 2.05) is 0 Å². The number of aryl methyl sites for hydroxylation is 1. The number of ether oxygens (including phenoxy) is 3. The van der Waals surface area contributed by atoms with Crippen LogP contribution in [0.2, 0.25) is 0 Å². The van der Waals surface area contributed by atoms with Gasteiger partial charge in [-0.25, -0.2) is 4.79 Å². The molecule has 1 aliphatic heterocycles. The van der Waals surface area contributed by atoms with Gasteiger partial charge in [-0.2, -0.15) is 13.2 Å². The van der Waals surface area contributed by atoms with Crippen LogP contribution in [0.25, 0.3) is 10.9 Å². The van der Waals surface area contributed by atoms with Gasteiger partial charge in [-0.3, -0.25) is 14.4 Å². The van der Waals surface area contributed by atoms with Crippen molar-refractivity contribution in [3.8, 4) is 6.08 Å². The molecule has 1 fully saturated rings. The van der Waals surface area contributed by atoms with Gasteiger partial charge in [0.15, 0.2) is 0 Å². The molecule has 0 unspecified atom stereocenters. The molecule has 2 amide bonds. The molecule has 0 aliphatic carbocycles. The molecule has 43 heavy (non-hydrogen) atoms. The second-order valence-electron chi connectivity index (χ2n) is 10.8. The number of carbonyl (C=O) groups excluding carboxylic acids is 2. The summed E-state index contributed by atoms with van der Waals surface area (Å²) in [6, 6.07) is 3.16. The average Bonchev–Trinajstić information content (AvgIpc) is 3.49. The molecule has 1 aliphatic rings. The number of carbonyl (C=O) groups is 2. The molecule has 236 valence electrons. The van der Waals surface area contributed by atoms with Gasteiger partial charge >= 0.3 is 24.7 Å². The molecule has 3 heterocycles. The SMILES string of the molecule is Cn1c(C(=O)N[C@H]2CC[C@H](c3nnc(OCCOC(F)(F)F)o3)N(C(=O)OC(C)(C)C)C2)cc2cc(C(F)(F)F)ccc21. The molecule has 0 spiro atoms. The minimum atomic E-state index is -4.82. The minimum absolute atomic E-state index is 0.0501. The molecule has 1 N–H and O–H groups in total. The third-order valence-electron chi connectivity index (χ3n) is 6.43. The maximum Gasteiger partial charge on any atom is 0.522 e. The molecular weight excluding hydrogens is 592 g/mol. The number of likely N-dealkylation sites (tertiary alicyclic amines) is 1. The molecule has 2 atom stereocenters. The van der Waals surface area contributed by atoms with Crippen LogP contribution >= 0.6 is 0 Å². The third-order valence-corrected chi connectivity index (χ3v) is 6.43. The molecule has 0 saturated carbocycles. The normalized spacial score (nSPS) is 18.1. The summed E-state index contributed by atoms with van der Waals surface area (Å²) < 4.78 is 97.0. The molecule has 2 aromatic heterocycles. The number of rotatable bonds is 7. The van der Waals surface area contributed by atoms with E-state index in [2.05, 4.69) is 20.3 Å². The van der Waals surface area contributed by atoms with Gasteiger partial charge in [0, 0.05) is 30.5 Å². The van der Waals surface area contributed by atoms with Crippen molar-refractivity contribution in [3.05, 3.63) is 41.4 Å². The maximum atomic E-state index is 13.2. The second kappa shape index (κ2) is 11.9. The van der Waals surface area contributed by atoms with E-state index >= 15 is 0 Å². The van der Waals surface area contributed by atoms with E-state index in [9.17, 15) is 35.9 Å². The first kappa shape index (κ1) is 31.9. The zero-order chi connectivity index (χ0) is 31.7. The Kier molecular flexibility index (Phi) is 8.85. The number of piperidine rings is 1. The van der Waals surface area contributed by atoms with Gasteiger partial charge in [-0.15, -0.1) is 18.3 Å². The number of alkyl halides is 6. The second-order valence-corrected chi connectivity index (χ2v) is 10.8. The molecule has 1 aromatic carbocycles. The number of amides is 2. The van der Waals surface area contributed by atoms with Gasteiger partial charge < -0.3 is 23.8 Å². The zero-order valence-corrected chi connectivity index (χ0v) is 23.5. The number of nitrogens with zero attached hydrogens (tertiary/aromatic N) is 4. The van der Waals surface area contributed by atoms with E-state index < -0.39 is 67.1 Å². The van der Waals surface area contributed by atoms with E-state index in [-0.39, 0.29) is 29.9 Å². The largest absolute Gasteiger partial charge is 0.522 e. The lowest BCUT2D eigenvalue weighted by Crippen LogP contribution is -2.52. The van der Waals surface area contributed by atoms with E-state index in [4.69, 9.17) is 13.9 Å². The number of aromatic nitrogens is 3. The Hall–Kier alpha value is -4.02. The van der Waals surface area contributed by atoms with E-state index in [1.165, 1.54) is 21.6 Å². The summed E-state index contributed by atoms with van der Waals surface area (Å²) in [5, 5.41) is 10.6. The minimum Gasteiger partial charge on any atom is -0.447 e. The third kappa shape index (κ3) is 8.09. The van der Waals surface area contributed by atoms with Crippen molar-refractivity contribution >= 4 is 22.9 Å². The van der Waals surface area contributed by atoms with Crippen LogP contribution in [-0.2, 0) is 22.7 Å². The highest BCUT2D eigenvalue weighted by atomic mass is 19.4. The Morgan fingerprint density at radius 1 is 1.05 bits per heavy atom. The number of benzene rings is 1. The van der Waals surface area contributed by atoms with Gasteiger partial charge in [0.1, 0.15) is 23.9 Å². The van der Waals surface area contributed by atoms with E-state index in [1.54, 1.807) is 27.8 Å². The Morgan fingerprint density at radius 2 is 1.77 bits per heavy atom. The van der Waals surface area contributed by atoms with Gasteiger partial charge in [0.25, 0.3) is 5.91 Å². The first-order chi connectivity index (χ1) is 19.9. The van der Waals surface area contributed by atoms with Crippen LogP contribution < -0.4 is 10.1 Å². The molecule has 0 radical (unpaired) electrons. The summed E-state index contributed by atoms with van der Waals surface area (Å²) in [7, 11) is 1.55. The lowest BCUT2D eigenvalue weighted by atomic mass is 9.98. The zero-order valence-electron chi connectivity index (χ0n) is 23.5. The smallest absolute Gasteiger partial charge is 0.447 e. The van der Waals surface area contributed by atoms with Crippen molar-refractivity contribution < 1.29 is 54.6 Å². The number of halogens is 6. The average molecular weight is 622 g/mol. The molecule has 17 heteroatoms. The fraction of sp³-hybridized carbons (Fsp3) is 0.538. The Labute approximate surface area is 241 Å². The molecule has 0 bridgehead atoms. The van der Waals surface area contributed by atoms with Crippen LogP contribution in [0.1, 0.15) is 61.6 Å². The topological polar surface area (TPSA) is 121 Å². The van der Waals surface area contributed by atoms with Crippen LogP contribution in [0.3, 0.4) is 0 Å². The number of hydrogen-bond acceptors (Lipinski definition) is 8. The summed E-state index contributed by atoms with van der Waals surface area (Å²) in [5.41, 5.74) is -1.17. The van der Waals surface area contributed by atoms with Crippen LogP contribution in [-0.4, -0.2) is 69.4 Å². The fourth-order valence-electron chi connectivity index (χ4n) is 4.57. The standard InChI is InChI=1S/C26H29F6N5O6/c1-24(2,3)43-23(39)37-13-16(6-8-18(37)21-34-35-22(42-21)40-9-10-41-26(30,31)32)33-20(38)19-12-14-11-15(25(27,28)29)5-7-17(14)36(19)4/h5,7,11-12,16,18H,6,8-10,13H2,1-4H3,(H,33,38)/t16-,18+/m0/s1. The number of hydrogen-bond donors (Lipinski definition) is 1. The highest BCUT2D eigenvalue weighted by molar-refractivity contribution is 5.99. The van der Waals surface area contributed by atoms with Crippen molar-refractivity contribution in [2.45, 2.75) is 63.8 Å². The van der Waals surface area contributed by atoms with Crippen molar-refractivity contribution in [3.63, 3.8) is 0 Å². The lowest BCUT2D eigenvalue weighted by Gasteiger charge is -2.38. The summed E-state index contributed by atoms with van der Waals surface area (Å²) in [5.74, 6) is -0.620. The van der Waals surface area contributed by atoms with Crippen LogP contribution in [0.5, 0.6) is 6.08 Å². The highest BCUT2D eigenvalue weighted by Gasteiger charge is 2.39. The summed E-state index contributed by atoms with van der Waals surface area (Å²) >= 11 is 0. The quantitative estimate of drug-likeness (QED) is 0.276. The van der Waals surface area contributed by atoms with Crippen LogP contribution in [0.15, 0.2) is 28.7 Å². The van der Waals surface area contributed by atoms with Gasteiger partial charge in [0.2, 0.25) is 5.89 Å². The summed E-state index contributed by atoms with van der Waals surface area (Å²) in [6.07, 6.45) is -9.99. The first-order valence-corrected chi connectivity index (χ1v) is 13.1. The first-order valence-electron chi connectivity index (χ1n) is 13.1. The van der Waals surface area contributed by atoms with Crippen molar-refractivity contribution in [1.82, 2.24) is 25.0 Å². The molecule has 3 aromatic rings. The molecular formula is C26H29F6N5O6. The van der Waals surface area contributed by atoms with E-state index in [0.717, 1.165) is 12.1 Å². The monoisotopic (exact) mass is 621 g/mol.